The van der Waals surface area contributed by atoms with Crippen LogP contribution in [-0.4, -0.2) is 18.2 Å². The summed E-state index contributed by atoms with van der Waals surface area (Å²) in [7, 11) is 1.29. The predicted octanol–water partition coefficient (Wildman–Crippen LogP) is 3.24. The lowest BCUT2D eigenvalue weighted by Gasteiger charge is -2.10. The van der Waals surface area contributed by atoms with E-state index in [1.807, 2.05) is 19.9 Å². The second-order valence-electron chi connectivity index (χ2n) is 3.95. The SMILES string of the molecule is C.C=C(C)Cc1cc(C)cc(C(=O)OC)c1O. The summed E-state index contributed by atoms with van der Waals surface area (Å²) >= 11 is 0. The van der Waals surface area contributed by atoms with Gasteiger partial charge in [0.15, 0.2) is 0 Å². The van der Waals surface area contributed by atoms with Crippen molar-refractivity contribution in [2.24, 2.45) is 0 Å². The highest BCUT2D eigenvalue weighted by Gasteiger charge is 2.15. The first kappa shape index (κ1) is 15.2. The van der Waals surface area contributed by atoms with Crippen LogP contribution < -0.4 is 0 Å². The van der Waals surface area contributed by atoms with Crippen LogP contribution in [-0.2, 0) is 11.2 Å². The number of rotatable bonds is 3. The average molecular weight is 236 g/mol. The van der Waals surface area contributed by atoms with Gasteiger partial charge in [-0.2, -0.15) is 0 Å². The van der Waals surface area contributed by atoms with Crippen molar-refractivity contribution in [3.05, 3.63) is 41.0 Å². The van der Waals surface area contributed by atoms with E-state index in [-0.39, 0.29) is 18.7 Å². The van der Waals surface area contributed by atoms with Crippen molar-refractivity contribution >= 4 is 5.97 Å². The van der Waals surface area contributed by atoms with Gasteiger partial charge in [-0.25, -0.2) is 4.79 Å². The van der Waals surface area contributed by atoms with Gasteiger partial charge in [-0.05, 0) is 37.5 Å². The number of allylic oxidation sites excluding steroid dienone is 1. The van der Waals surface area contributed by atoms with Crippen LogP contribution in [0.25, 0.3) is 0 Å². The normalized spacial score (nSPS) is 9.35. The lowest BCUT2D eigenvalue weighted by atomic mass is 10.00. The molecule has 0 aliphatic heterocycles. The van der Waals surface area contributed by atoms with Gasteiger partial charge in [-0.15, -0.1) is 0 Å². The van der Waals surface area contributed by atoms with Crippen LogP contribution in [0.15, 0.2) is 24.3 Å². The van der Waals surface area contributed by atoms with E-state index in [4.69, 9.17) is 0 Å². The molecule has 94 valence electrons. The average Bonchev–Trinajstić information content (AvgIpc) is 2.21. The fraction of sp³-hybridized carbons (Fsp3) is 0.357. The van der Waals surface area contributed by atoms with Crippen molar-refractivity contribution in [2.75, 3.05) is 7.11 Å². The van der Waals surface area contributed by atoms with Crippen LogP contribution in [0.5, 0.6) is 5.75 Å². The Morgan fingerprint density at radius 3 is 2.53 bits per heavy atom. The molecule has 0 saturated heterocycles. The molecule has 3 heteroatoms. The van der Waals surface area contributed by atoms with Crippen molar-refractivity contribution in [3.63, 3.8) is 0 Å². The predicted molar refractivity (Wildman–Crippen MR) is 69.4 cm³/mol. The Bertz CT molecular complexity index is 433. The summed E-state index contributed by atoms with van der Waals surface area (Å²) in [5, 5.41) is 9.92. The van der Waals surface area contributed by atoms with Gasteiger partial charge in [0, 0.05) is 0 Å². The van der Waals surface area contributed by atoms with E-state index in [0.717, 1.165) is 11.1 Å². The molecule has 0 aliphatic rings. The van der Waals surface area contributed by atoms with Gasteiger partial charge in [-0.3, -0.25) is 0 Å². The van der Waals surface area contributed by atoms with Gasteiger partial charge in [0.1, 0.15) is 11.3 Å². The van der Waals surface area contributed by atoms with Crippen LogP contribution in [0.2, 0.25) is 0 Å². The Hall–Kier alpha value is -1.77. The van der Waals surface area contributed by atoms with Crippen LogP contribution in [0.3, 0.4) is 0 Å². The van der Waals surface area contributed by atoms with Crippen LogP contribution in [0, 0.1) is 6.92 Å². The van der Waals surface area contributed by atoms with Gasteiger partial charge >= 0.3 is 5.97 Å². The molecule has 17 heavy (non-hydrogen) atoms. The maximum Gasteiger partial charge on any atom is 0.341 e. The number of phenolic OH excluding ortho intramolecular Hbond substituents is 1. The topological polar surface area (TPSA) is 46.5 Å². The third-order valence-corrected chi connectivity index (χ3v) is 2.23. The summed E-state index contributed by atoms with van der Waals surface area (Å²) in [6.45, 7) is 7.53. The zero-order chi connectivity index (χ0) is 12.3. The van der Waals surface area contributed by atoms with Gasteiger partial charge in [0.2, 0.25) is 0 Å². The smallest absolute Gasteiger partial charge is 0.341 e. The number of aromatic hydroxyl groups is 1. The summed E-state index contributed by atoms with van der Waals surface area (Å²) in [5.41, 5.74) is 2.75. The zero-order valence-electron chi connectivity index (χ0n) is 9.83. The molecule has 0 unspecified atom stereocenters. The molecule has 0 spiro atoms. The zero-order valence-corrected chi connectivity index (χ0v) is 9.83. The number of carbonyl (C=O) groups excluding carboxylic acids is 1. The number of methoxy groups -OCH3 is 1. The molecular weight excluding hydrogens is 216 g/mol. The Labute approximate surface area is 103 Å². The number of esters is 1. The Morgan fingerprint density at radius 1 is 1.47 bits per heavy atom. The monoisotopic (exact) mass is 236 g/mol. The first-order valence-corrected chi connectivity index (χ1v) is 5.01. The first-order chi connectivity index (χ1) is 7.45. The Morgan fingerprint density at radius 2 is 2.06 bits per heavy atom. The highest BCUT2D eigenvalue weighted by atomic mass is 16.5. The molecule has 0 bridgehead atoms. The number of carbonyl (C=O) groups is 1. The van der Waals surface area contributed by atoms with Crippen molar-refractivity contribution in [3.8, 4) is 5.75 Å². The second kappa shape index (κ2) is 6.09. The Balaban J connectivity index is 0.00000256. The number of hydrogen-bond donors (Lipinski definition) is 1. The lowest BCUT2D eigenvalue weighted by molar-refractivity contribution is 0.0597. The molecule has 0 amide bonds. The number of ether oxygens (including phenoxy) is 1. The molecule has 0 fully saturated rings. The fourth-order valence-electron chi connectivity index (χ4n) is 1.58. The van der Waals surface area contributed by atoms with Crippen LogP contribution in [0.1, 0.15) is 35.8 Å². The fourth-order valence-corrected chi connectivity index (χ4v) is 1.58. The molecule has 3 nitrogen and oxygen atoms in total. The van der Waals surface area contributed by atoms with E-state index >= 15 is 0 Å². The van der Waals surface area contributed by atoms with Crippen molar-refractivity contribution in [1.29, 1.82) is 0 Å². The molecule has 1 aromatic rings. The molecule has 1 aromatic carbocycles. The standard InChI is InChI=1S/C13H16O3.CH4/c1-8(2)5-10-6-9(3)7-11(12(10)14)13(15)16-4;/h6-7,14H,1,5H2,2-4H3;1H4. The minimum atomic E-state index is -0.524. The van der Waals surface area contributed by atoms with E-state index < -0.39 is 5.97 Å². The van der Waals surface area contributed by atoms with Crippen molar-refractivity contribution < 1.29 is 14.6 Å². The summed E-state index contributed by atoms with van der Waals surface area (Å²) < 4.78 is 4.61. The summed E-state index contributed by atoms with van der Waals surface area (Å²) in [5.74, 6) is -0.537. The van der Waals surface area contributed by atoms with E-state index in [1.54, 1.807) is 6.07 Å². The number of benzene rings is 1. The maximum absolute atomic E-state index is 11.4. The molecule has 0 atom stereocenters. The first-order valence-electron chi connectivity index (χ1n) is 5.01. The quantitative estimate of drug-likeness (QED) is 0.647. The van der Waals surface area contributed by atoms with Gasteiger partial charge in [-0.1, -0.05) is 25.6 Å². The summed E-state index contributed by atoms with van der Waals surface area (Å²) in [4.78, 5) is 11.4. The molecule has 0 aliphatic carbocycles. The number of hydrogen-bond acceptors (Lipinski definition) is 3. The second-order valence-corrected chi connectivity index (χ2v) is 3.95. The molecule has 0 heterocycles. The maximum atomic E-state index is 11.4. The highest BCUT2D eigenvalue weighted by molar-refractivity contribution is 5.93. The van der Waals surface area contributed by atoms with E-state index in [9.17, 15) is 9.90 Å². The Kier molecular flexibility index (Phi) is 5.45. The molecule has 0 saturated carbocycles. The lowest BCUT2D eigenvalue weighted by Crippen LogP contribution is -2.04. The van der Waals surface area contributed by atoms with Crippen molar-refractivity contribution in [1.82, 2.24) is 0 Å². The number of aryl methyl sites for hydroxylation is 1. The van der Waals surface area contributed by atoms with Gasteiger partial charge in [0.25, 0.3) is 0 Å². The van der Waals surface area contributed by atoms with Gasteiger partial charge in [0.05, 0.1) is 7.11 Å². The third kappa shape index (κ3) is 3.63. The summed E-state index contributed by atoms with van der Waals surface area (Å²) in [6.07, 6.45) is 0.553. The third-order valence-electron chi connectivity index (χ3n) is 2.23. The van der Waals surface area contributed by atoms with Crippen LogP contribution >= 0.6 is 0 Å². The molecular formula is C14H20O3. The van der Waals surface area contributed by atoms with Crippen LogP contribution in [0.4, 0.5) is 0 Å². The van der Waals surface area contributed by atoms with E-state index in [0.29, 0.717) is 12.0 Å². The van der Waals surface area contributed by atoms with Gasteiger partial charge < -0.3 is 9.84 Å². The largest absolute Gasteiger partial charge is 0.507 e. The minimum Gasteiger partial charge on any atom is -0.507 e. The molecule has 0 radical (unpaired) electrons. The molecule has 0 aromatic heterocycles. The summed E-state index contributed by atoms with van der Waals surface area (Å²) in [6, 6.07) is 3.46. The van der Waals surface area contributed by atoms with E-state index in [2.05, 4.69) is 11.3 Å². The molecule has 1 N–H and O–H groups in total. The molecule has 1 rings (SSSR count). The van der Waals surface area contributed by atoms with Crippen molar-refractivity contribution in [2.45, 2.75) is 27.7 Å². The minimum absolute atomic E-state index is 0. The van der Waals surface area contributed by atoms with E-state index in [1.165, 1.54) is 7.11 Å². The number of phenols is 1. The highest BCUT2D eigenvalue weighted by Crippen LogP contribution is 2.27.